The number of rotatable bonds is 5. The number of ketones is 2. The first kappa shape index (κ1) is 11.1. The van der Waals surface area contributed by atoms with Crippen LogP contribution in [-0.2, 0) is 9.59 Å². The molecule has 0 rings (SSSR count). The zero-order valence-corrected chi connectivity index (χ0v) is 8.02. The summed E-state index contributed by atoms with van der Waals surface area (Å²) in [5.74, 6) is -0.148. The van der Waals surface area contributed by atoms with Gasteiger partial charge in [0, 0.05) is 6.42 Å². The number of Topliss-reactive ketones (excluding diaryl/α,β-unsaturated/α-hetero) is 2. The number of carbonyl (C=O) groups excluding carboxylic acids is 2. The van der Waals surface area contributed by atoms with Crippen molar-refractivity contribution in [2.75, 3.05) is 0 Å². The number of allylic oxidation sites excluding steroid dienone is 2. The van der Waals surface area contributed by atoms with E-state index in [4.69, 9.17) is 0 Å². The number of carbonyl (C=O) groups is 2. The first-order valence-corrected chi connectivity index (χ1v) is 4.33. The van der Waals surface area contributed by atoms with Gasteiger partial charge in [0.2, 0.25) is 0 Å². The Labute approximate surface area is 73.7 Å². The van der Waals surface area contributed by atoms with Crippen LogP contribution in [0.1, 0.15) is 40.0 Å². The lowest BCUT2D eigenvalue weighted by molar-refractivity contribution is -0.120. The average Bonchev–Trinajstić information content (AvgIpc) is 2.01. The van der Waals surface area contributed by atoms with Crippen molar-refractivity contribution in [3.05, 3.63) is 11.6 Å². The van der Waals surface area contributed by atoms with E-state index >= 15 is 0 Å². The van der Waals surface area contributed by atoms with Gasteiger partial charge in [-0.1, -0.05) is 19.4 Å². The smallest absolute Gasteiger partial charge is 0.166 e. The van der Waals surface area contributed by atoms with Gasteiger partial charge in [-0.25, -0.2) is 0 Å². The van der Waals surface area contributed by atoms with Gasteiger partial charge in [0.05, 0.1) is 5.57 Å². The standard InChI is InChI=1S/C10H16O2/c1-4-6-7-10(12)9(5-2)8(3)11/h5H,4,6-7H2,1-3H3/b9-5+. The Balaban J connectivity index is 4.15. The molecule has 0 aromatic rings. The fourth-order valence-corrected chi connectivity index (χ4v) is 1.03. The number of unbranched alkanes of at least 4 members (excludes halogenated alkanes) is 1. The molecule has 0 saturated carbocycles. The molecule has 0 atom stereocenters. The Morgan fingerprint density at radius 3 is 2.25 bits per heavy atom. The molecule has 0 radical (unpaired) electrons. The van der Waals surface area contributed by atoms with E-state index in [0.29, 0.717) is 12.0 Å². The average molecular weight is 168 g/mol. The zero-order chi connectivity index (χ0) is 9.56. The fraction of sp³-hybridized carbons (Fsp3) is 0.600. The maximum Gasteiger partial charge on any atom is 0.166 e. The van der Waals surface area contributed by atoms with Crippen LogP contribution >= 0.6 is 0 Å². The summed E-state index contributed by atoms with van der Waals surface area (Å²) in [7, 11) is 0. The van der Waals surface area contributed by atoms with Gasteiger partial charge in [0.15, 0.2) is 11.6 Å². The van der Waals surface area contributed by atoms with Crippen LogP contribution in [0.15, 0.2) is 11.6 Å². The molecule has 2 heteroatoms. The van der Waals surface area contributed by atoms with Crippen LogP contribution in [0.25, 0.3) is 0 Å². The van der Waals surface area contributed by atoms with E-state index in [2.05, 4.69) is 0 Å². The maximum atomic E-state index is 11.3. The molecular weight excluding hydrogens is 152 g/mol. The van der Waals surface area contributed by atoms with Crippen LogP contribution in [0.5, 0.6) is 0 Å². The second-order valence-corrected chi connectivity index (χ2v) is 2.79. The van der Waals surface area contributed by atoms with E-state index < -0.39 is 0 Å². The molecule has 0 aromatic carbocycles. The molecule has 0 aliphatic rings. The summed E-state index contributed by atoms with van der Waals surface area (Å²) >= 11 is 0. The summed E-state index contributed by atoms with van der Waals surface area (Å²) in [4.78, 5) is 22.2. The van der Waals surface area contributed by atoms with Crippen molar-refractivity contribution in [1.82, 2.24) is 0 Å². The summed E-state index contributed by atoms with van der Waals surface area (Å²) in [6.07, 6.45) is 3.94. The third kappa shape index (κ3) is 3.46. The van der Waals surface area contributed by atoms with Gasteiger partial charge in [-0.15, -0.1) is 0 Å². The van der Waals surface area contributed by atoms with E-state index in [9.17, 15) is 9.59 Å². The van der Waals surface area contributed by atoms with E-state index in [1.807, 2.05) is 6.92 Å². The van der Waals surface area contributed by atoms with Crippen LogP contribution < -0.4 is 0 Å². The zero-order valence-electron chi connectivity index (χ0n) is 8.02. The van der Waals surface area contributed by atoms with Crippen molar-refractivity contribution in [2.24, 2.45) is 0 Å². The minimum atomic E-state index is -0.126. The van der Waals surface area contributed by atoms with E-state index in [1.54, 1.807) is 13.0 Å². The molecule has 2 nitrogen and oxygen atoms in total. The summed E-state index contributed by atoms with van der Waals surface area (Å²) in [5, 5.41) is 0. The topological polar surface area (TPSA) is 34.1 Å². The highest BCUT2D eigenvalue weighted by molar-refractivity contribution is 6.19. The minimum Gasteiger partial charge on any atom is -0.294 e. The van der Waals surface area contributed by atoms with Gasteiger partial charge < -0.3 is 0 Å². The van der Waals surface area contributed by atoms with Crippen LogP contribution in [0.3, 0.4) is 0 Å². The third-order valence-electron chi connectivity index (χ3n) is 1.73. The van der Waals surface area contributed by atoms with Gasteiger partial charge in [0.25, 0.3) is 0 Å². The van der Waals surface area contributed by atoms with Crippen molar-refractivity contribution < 1.29 is 9.59 Å². The second kappa shape index (κ2) is 5.70. The van der Waals surface area contributed by atoms with Gasteiger partial charge in [-0.05, 0) is 20.3 Å². The predicted molar refractivity (Wildman–Crippen MR) is 49.0 cm³/mol. The molecule has 0 aliphatic carbocycles. The Kier molecular flexibility index (Phi) is 5.26. The van der Waals surface area contributed by atoms with Gasteiger partial charge in [-0.2, -0.15) is 0 Å². The summed E-state index contributed by atoms with van der Waals surface area (Å²) in [6, 6.07) is 0. The molecule has 0 bridgehead atoms. The Morgan fingerprint density at radius 2 is 1.92 bits per heavy atom. The highest BCUT2D eigenvalue weighted by Gasteiger charge is 2.11. The molecule has 12 heavy (non-hydrogen) atoms. The third-order valence-corrected chi connectivity index (χ3v) is 1.73. The molecule has 0 heterocycles. The van der Waals surface area contributed by atoms with Crippen molar-refractivity contribution in [1.29, 1.82) is 0 Å². The number of hydrogen-bond acceptors (Lipinski definition) is 2. The lowest BCUT2D eigenvalue weighted by Gasteiger charge is -1.99. The highest BCUT2D eigenvalue weighted by Crippen LogP contribution is 2.05. The molecule has 0 amide bonds. The second-order valence-electron chi connectivity index (χ2n) is 2.79. The van der Waals surface area contributed by atoms with Gasteiger partial charge in [-0.3, -0.25) is 9.59 Å². The maximum absolute atomic E-state index is 11.3. The normalized spacial score (nSPS) is 11.4. The minimum absolute atomic E-state index is 0.0214. The highest BCUT2D eigenvalue weighted by atomic mass is 16.1. The van der Waals surface area contributed by atoms with Gasteiger partial charge in [0.1, 0.15) is 0 Å². The SMILES string of the molecule is C/C=C(\C(C)=O)C(=O)CCCC. The fourth-order valence-electron chi connectivity index (χ4n) is 1.03. The molecule has 68 valence electrons. The molecule has 0 spiro atoms. The first-order chi connectivity index (χ1) is 5.63. The van der Waals surface area contributed by atoms with E-state index in [-0.39, 0.29) is 11.6 Å². The molecular formula is C10H16O2. The lowest BCUT2D eigenvalue weighted by Crippen LogP contribution is -2.09. The molecule has 0 fully saturated rings. The first-order valence-electron chi connectivity index (χ1n) is 4.33. The quantitative estimate of drug-likeness (QED) is 0.358. The monoisotopic (exact) mass is 168 g/mol. The lowest BCUT2D eigenvalue weighted by atomic mass is 10.0. The van der Waals surface area contributed by atoms with Crippen molar-refractivity contribution in [3.8, 4) is 0 Å². The van der Waals surface area contributed by atoms with E-state index in [0.717, 1.165) is 12.8 Å². The molecule has 0 saturated heterocycles. The van der Waals surface area contributed by atoms with Crippen LogP contribution in [0.4, 0.5) is 0 Å². The van der Waals surface area contributed by atoms with Crippen molar-refractivity contribution >= 4 is 11.6 Å². The largest absolute Gasteiger partial charge is 0.294 e. The van der Waals surface area contributed by atoms with Crippen LogP contribution in [0, 0.1) is 0 Å². The van der Waals surface area contributed by atoms with Crippen LogP contribution in [0.2, 0.25) is 0 Å². The Bertz CT molecular complexity index is 202. The van der Waals surface area contributed by atoms with Crippen LogP contribution in [-0.4, -0.2) is 11.6 Å². The van der Waals surface area contributed by atoms with Crippen molar-refractivity contribution in [3.63, 3.8) is 0 Å². The summed E-state index contributed by atoms with van der Waals surface area (Å²) in [5.41, 5.74) is 0.350. The Morgan fingerprint density at radius 1 is 1.33 bits per heavy atom. The predicted octanol–water partition coefficient (Wildman–Crippen LogP) is 2.28. The Hall–Kier alpha value is -0.920. The number of hydrogen-bond donors (Lipinski definition) is 0. The van der Waals surface area contributed by atoms with Gasteiger partial charge >= 0.3 is 0 Å². The molecule has 0 N–H and O–H groups in total. The summed E-state index contributed by atoms with van der Waals surface area (Å²) < 4.78 is 0. The molecule has 0 aliphatic heterocycles. The van der Waals surface area contributed by atoms with Crippen molar-refractivity contribution in [2.45, 2.75) is 40.0 Å². The van der Waals surface area contributed by atoms with E-state index in [1.165, 1.54) is 6.92 Å². The summed E-state index contributed by atoms with van der Waals surface area (Å²) in [6.45, 7) is 5.18. The molecule has 0 aromatic heterocycles. The molecule has 0 unspecified atom stereocenters.